The molecule has 1 heterocycles. The lowest BCUT2D eigenvalue weighted by Gasteiger charge is -2.01. The van der Waals surface area contributed by atoms with E-state index in [9.17, 15) is 4.79 Å². The maximum absolute atomic E-state index is 11.2. The average molecular weight is 232 g/mol. The van der Waals surface area contributed by atoms with Gasteiger partial charge in [0.05, 0.1) is 19.9 Å². The summed E-state index contributed by atoms with van der Waals surface area (Å²) in [6.07, 6.45) is 1.31. The number of nitrogens with zero attached hydrogens (tertiary/aromatic N) is 5. The van der Waals surface area contributed by atoms with E-state index in [1.165, 1.54) is 13.3 Å². The Morgan fingerprint density at radius 3 is 3.18 bits per heavy atom. The summed E-state index contributed by atoms with van der Waals surface area (Å²) in [4.78, 5) is 21.4. The Morgan fingerprint density at radius 2 is 2.53 bits per heavy atom. The van der Waals surface area contributed by atoms with E-state index >= 15 is 0 Å². The Morgan fingerprint density at radius 1 is 1.76 bits per heavy atom. The van der Waals surface area contributed by atoms with Crippen LogP contribution in [0.2, 0.25) is 0 Å². The van der Waals surface area contributed by atoms with Crippen molar-refractivity contribution in [1.82, 2.24) is 9.97 Å². The molecule has 0 atom stereocenters. The molecule has 0 fully saturated rings. The Bertz CT molecular complexity index is 538. The highest BCUT2D eigenvalue weighted by Crippen LogP contribution is 2.06. The monoisotopic (exact) mass is 232 g/mol. The van der Waals surface area contributed by atoms with E-state index in [1.807, 2.05) is 0 Å². The van der Waals surface area contributed by atoms with Crippen LogP contribution in [0.15, 0.2) is 11.3 Å². The van der Waals surface area contributed by atoms with Gasteiger partial charge in [-0.25, -0.2) is 14.8 Å². The SMILES string of the molecule is COC(=O)c1nc(C#CCN=[N+]=[N-])cnc1N. The summed E-state index contributed by atoms with van der Waals surface area (Å²) in [5, 5.41) is 3.22. The number of carbonyl (C=O) groups is 1. The van der Waals surface area contributed by atoms with Crippen LogP contribution in [0, 0.1) is 11.8 Å². The highest BCUT2D eigenvalue weighted by atomic mass is 16.5. The number of hydrogen-bond acceptors (Lipinski definition) is 6. The molecule has 17 heavy (non-hydrogen) atoms. The summed E-state index contributed by atoms with van der Waals surface area (Å²) >= 11 is 0. The fourth-order valence-corrected chi connectivity index (χ4v) is 0.903. The second kappa shape index (κ2) is 5.95. The Labute approximate surface area is 96.4 Å². The summed E-state index contributed by atoms with van der Waals surface area (Å²) in [5.74, 6) is 4.40. The second-order valence-electron chi connectivity index (χ2n) is 2.67. The molecule has 0 aliphatic heterocycles. The third kappa shape index (κ3) is 3.37. The van der Waals surface area contributed by atoms with E-state index in [-0.39, 0.29) is 23.8 Å². The maximum atomic E-state index is 11.2. The van der Waals surface area contributed by atoms with E-state index in [4.69, 9.17) is 11.3 Å². The van der Waals surface area contributed by atoms with Crippen molar-refractivity contribution < 1.29 is 9.53 Å². The van der Waals surface area contributed by atoms with Crippen LogP contribution in [0.3, 0.4) is 0 Å². The minimum Gasteiger partial charge on any atom is -0.464 e. The van der Waals surface area contributed by atoms with Crippen molar-refractivity contribution in [2.45, 2.75) is 0 Å². The number of hydrogen-bond donors (Lipinski definition) is 1. The van der Waals surface area contributed by atoms with Crippen LogP contribution in [0.25, 0.3) is 10.4 Å². The van der Waals surface area contributed by atoms with E-state index in [0.29, 0.717) is 0 Å². The van der Waals surface area contributed by atoms with Crippen molar-refractivity contribution in [3.63, 3.8) is 0 Å². The van der Waals surface area contributed by atoms with Crippen LogP contribution in [-0.2, 0) is 4.74 Å². The maximum Gasteiger partial charge on any atom is 0.360 e. The highest BCUT2D eigenvalue weighted by Gasteiger charge is 2.13. The minimum absolute atomic E-state index is 0.0100. The first kappa shape index (κ1) is 12.3. The van der Waals surface area contributed by atoms with Gasteiger partial charge in [-0.15, -0.1) is 0 Å². The summed E-state index contributed by atoms with van der Waals surface area (Å²) in [7, 11) is 1.21. The zero-order chi connectivity index (χ0) is 12.7. The van der Waals surface area contributed by atoms with Gasteiger partial charge in [0.25, 0.3) is 0 Å². The van der Waals surface area contributed by atoms with Gasteiger partial charge in [-0.1, -0.05) is 11.0 Å². The molecule has 0 aliphatic rings. The molecule has 1 aromatic heterocycles. The van der Waals surface area contributed by atoms with E-state index in [0.717, 1.165) is 0 Å². The van der Waals surface area contributed by atoms with Crippen LogP contribution < -0.4 is 5.73 Å². The number of anilines is 1. The number of nitrogens with two attached hydrogens (primary N) is 1. The molecular formula is C9H8N6O2. The molecule has 0 amide bonds. The molecule has 0 aromatic carbocycles. The molecule has 8 nitrogen and oxygen atoms in total. The molecule has 0 radical (unpaired) electrons. The average Bonchev–Trinajstić information content (AvgIpc) is 2.35. The van der Waals surface area contributed by atoms with Crippen LogP contribution in [0.5, 0.6) is 0 Å². The topological polar surface area (TPSA) is 127 Å². The largest absolute Gasteiger partial charge is 0.464 e. The lowest BCUT2D eigenvalue weighted by atomic mass is 10.3. The minimum atomic E-state index is -0.686. The van der Waals surface area contributed by atoms with E-state index in [2.05, 4.69) is 36.6 Å². The standard InChI is InChI=1S/C9H8N6O2/c1-17-9(16)7-8(10)12-5-6(14-7)3-2-4-13-15-11/h5H,4H2,1H3,(H2,10,12). The van der Waals surface area contributed by atoms with Gasteiger partial charge in [0.2, 0.25) is 0 Å². The van der Waals surface area contributed by atoms with Gasteiger partial charge < -0.3 is 10.5 Å². The zero-order valence-electron chi connectivity index (χ0n) is 8.91. The third-order valence-corrected chi connectivity index (χ3v) is 1.61. The van der Waals surface area contributed by atoms with Crippen molar-refractivity contribution in [1.29, 1.82) is 0 Å². The third-order valence-electron chi connectivity index (χ3n) is 1.61. The highest BCUT2D eigenvalue weighted by molar-refractivity contribution is 5.91. The second-order valence-corrected chi connectivity index (χ2v) is 2.67. The van der Waals surface area contributed by atoms with Crippen molar-refractivity contribution >= 4 is 11.8 Å². The number of nitrogen functional groups attached to an aromatic ring is 1. The molecule has 0 spiro atoms. The van der Waals surface area contributed by atoms with Crippen LogP contribution in [-0.4, -0.2) is 29.6 Å². The summed E-state index contributed by atoms with van der Waals surface area (Å²) in [6.45, 7) is 0.0100. The van der Waals surface area contributed by atoms with Crippen LogP contribution in [0.4, 0.5) is 5.82 Å². The number of esters is 1. The van der Waals surface area contributed by atoms with Gasteiger partial charge in [-0.2, -0.15) is 0 Å². The first-order valence-corrected chi connectivity index (χ1v) is 4.39. The van der Waals surface area contributed by atoms with Crippen molar-refractivity contribution in [2.24, 2.45) is 5.11 Å². The molecule has 86 valence electrons. The molecule has 0 bridgehead atoms. The number of ether oxygens (including phenoxy) is 1. The molecule has 0 saturated carbocycles. The number of azide groups is 1. The van der Waals surface area contributed by atoms with Crippen LogP contribution in [0.1, 0.15) is 16.2 Å². The number of rotatable bonds is 2. The normalized spacial score (nSPS) is 8.53. The van der Waals surface area contributed by atoms with Gasteiger partial charge >= 0.3 is 5.97 Å². The molecule has 0 aliphatic carbocycles. The number of aromatic nitrogens is 2. The van der Waals surface area contributed by atoms with Gasteiger partial charge in [0, 0.05) is 4.91 Å². The lowest BCUT2D eigenvalue weighted by molar-refractivity contribution is 0.0595. The first-order chi connectivity index (χ1) is 8.19. The predicted octanol–water partition coefficient (Wildman–Crippen LogP) is 0.507. The van der Waals surface area contributed by atoms with Crippen LogP contribution >= 0.6 is 0 Å². The lowest BCUT2D eigenvalue weighted by Crippen LogP contribution is -2.10. The first-order valence-electron chi connectivity index (χ1n) is 4.39. The van der Waals surface area contributed by atoms with E-state index < -0.39 is 5.97 Å². The number of carbonyl (C=O) groups excluding carboxylic acids is 1. The Kier molecular flexibility index (Phi) is 4.30. The van der Waals surface area contributed by atoms with Gasteiger partial charge in [0.1, 0.15) is 5.69 Å². The van der Waals surface area contributed by atoms with Crippen molar-refractivity contribution in [3.05, 3.63) is 28.0 Å². The predicted molar refractivity (Wildman–Crippen MR) is 58.7 cm³/mol. The molecule has 1 rings (SSSR count). The molecule has 1 aromatic rings. The molecule has 2 N–H and O–H groups in total. The summed E-state index contributed by atoms with van der Waals surface area (Å²) in [5.41, 5.74) is 13.6. The van der Waals surface area contributed by atoms with Gasteiger partial charge in [-0.05, 0) is 11.5 Å². The van der Waals surface area contributed by atoms with Gasteiger partial charge in [-0.3, -0.25) is 0 Å². The van der Waals surface area contributed by atoms with Crippen molar-refractivity contribution in [2.75, 3.05) is 19.4 Å². The van der Waals surface area contributed by atoms with Gasteiger partial charge in [0.15, 0.2) is 11.5 Å². The molecule has 0 saturated heterocycles. The molecule has 0 unspecified atom stereocenters. The quantitative estimate of drug-likeness (QED) is 0.261. The van der Waals surface area contributed by atoms with Crippen molar-refractivity contribution in [3.8, 4) is 11.8 Å². The summed E-state index contributed by atoms with van der Waals surface area (Å²) in [6, 6.07) is 0. The number of methoxy groups -OCH3 is 1. The summed E-state index contributed by atoms with van der Waals surface area (Å²) < 4.78 is 4.48. The zero-order valence-corrected chi connectivity index (χ0v) is 8.91. The Balaban J connectivity index is 2.98. The fraction of sp³-hybridized carbons (Fsp3) is 0.222. The molecule has 8 heteroatoms. The Hall–Kier alpha value is -2.78. The fourth-order valence-electron chi connectivity index (χ4n) is 0.903. The molecular weight excluding hydrogens is 224 g/mol. The van der Waals surface area contributed by atoms with E-state index in [1.54, 1.807) is 0 Å². The smallest absolute Gasteiger partial charge is 0.360 e.